The molecule has 6 nitrogen and oxygen atoms in total. The highest BCUT2D eigenvalue weighted by Gasteiger charge is 2.44. The minimum atomic E-state index is 0.102. The van der Waals surface area contributed by atoms with Gasteiger partial charge in [-0.25, -0.2) is 0 Å². The van der Waals surface area contributed by atoms with Crippen LogP contribution in [0.5, 0.6) is 0 Å². The number of amides is 1. The number of carbonyl (C=O) groups excluding carboxylic acids is 1. The minimum Gasteiger partial charge on any atom is -0.403 e. The fourth-order valence-corrected chi connectivity index (χ4v) is 3.81. The summed E-state index contributed by atoms with van der Waals surface area (Å²) in [5, 5.41) is 10.9. The van der Waals surface area contributed by atoms with Crippen LogP contribution in [0, 0.1) is 5.41 Å². The molecule has 1 aromatic carbocycles. The largest absolute Gasteiger partial charge is 0.403 e. The van der Waals surface area contributed by atoms with Gasteiger partial charge in [0.2, 0.25) is 11.8 Å². The number of nitrogens with one attached hydrogen (secondary N) is 1. The molecule has 1 amide bonds. The van der Waals surface area contributed by atoms with Gasteiger partial charge in [0, 0.05) is 24.1 Å². The van der Waals surface area contributed by atoms with Crippen molar-refractivity contribution in [3.05, 3.63) is 30.3 Å². The van der Waals surface area contributed by atoms with Crippen LogP contribution in [-0.2, 0) is 4.79 Å². The molecule has 126 valence electrons. The van der Waals surface area contributed by atoms with Crippen molar-refractivity contribution in [2.24, 2.45) is 5.41 Å². The molecule has 24 heavy (non-hydrogen) atoms. The highest BCUT2D eigenvalue weighted by atomic mass is 16.4. The average molecular weight is 326 g/mol. The highest BCUT2D eigenvalue weighted by Crippen LogP contribution is 2.43. The first-order chi connectivity index (χ1) is 11.7. The number of hydrogen-bond donors (Lipinski definition) is 1. The molecule has 1 aromatic heterocycles. The Morgan fingerprint density at radius 1 is 1.12 bits per heavy atom. The second kappa shape index (κ2) is 6.26. The number of anilines is 1. The lowest BCUT2D eigenvalue weighted by Gasteiger charge is -2.52. The van der Waals surface area contributed by atoms with Gasteiger partial charge in [0.15, 0.2) is 0 Å². The molecule has 2 fully saturated rings. The van der Waals surface area contributed by atoms with Crippen LogP contribution in [0.3, 0.4) is 0 Å². The Balaban J connectivity index is 1.28. The first-order valence-corrected chi connectivity index (χ1v) is 8.65. The van der Waals surface area contributed by atoms with Gasteiger partial charge < -0.3 is 14.6 Å². The molecule has 0 bridgehead atoms. The first kappa shape index (κ1) is 15.2. The van der Waals surface area contributed by atoms with E-state index in [1.54, 1.807) is 0 Å². The van der Waals surface area contributed by atoms with Gasteiger partial charge in [0.25, 0.3) is 0 Å². The highest BCUT2D eigenvalue weighted by molar-refractivity contribution is 5.81. The first-order valence-electron chi connectivity index (χ1n) is 8.65. The smallest absolute Gasteiger partial charge is 0.316 e. The molecule has 0 unspecified atom stereocenters. The molecular formula is C18H22N4O2. The number of likely N-dealkylation sites (tertiary alicyclic amines) is 1. The average Bonchev–Trinajstić information content (AvgIpc) is 3.08. The zero-order valence-corrected chi connectivity index (χ0v) is 13.7. The monoisotopic (exact) mass is 326 g/mol. The van der Waals surface area contributed by atoms with Crippen molar-refractivity contribution in [1.29, 1.82) is 0 Å². The normalized spacial score (nSPS) is 19.1. The summed E-state index contributed by atoms with van der Waals surface area (Å²) in [6.45, 7) is 2.02. The molecule has 4 rings (SSSR count). The molecule has 1 N–H and O–H groups in total. The van der Waals surface area contributed by atoms with Crippen molar-refractivity contribution < 1.29 is 9.21 Å². The van der Waals surface area contributed by atoms with Gasteiger partial charge in [-0.2, -0.15) is 0 Å². The van der Waals surface area contributed by atoms with Crippen LogP contribution in [0.15, 0.2) is 34.7 Å². The zero-order chi connectivity index (χ0) is 16.4. The van der Waals surface area contributed by atoms with Crippen molar-refractivity contribution in [3.63, 3.8) is 0 Å². The van der Waals surface area contributed by atoms with Crippen LogP contribution < -0.4 is 5.32 Å². The Bertz CT molecular complexity index is 699. The molecule has 2 heterocycles. The van der Waals surface area contributed by atoms with Crippen LogP contribution in [0.2, 0.25) is 0 Å². The third-order valence-electron chi connectivity index (χ3n) is 5.16. The van der Waals surface area contributed by atoms with Gasteiger partial charge in [-0.05, 0) is 25.0 Å². The van der Waals surface area contributed by atoms with E-state index >= 15 is 0 Å². The molecule has 6 heteroatoms. The van der Waals surface area contributed by atoms with Crippen molar-refractivity contribution in [3.8, 4) is 11.5 Å². The molecule has 1 spiro atoms. The van der Waals surface area contributed by atoms with E-state index in [-0.39, 0.29) is 18.5 Å². The lowest BCUT2D eigenvalue weighted by atomic mass is 9.68. The van der Waals surface area contributed by atoms with Crippen molar-refractivity contribution in [1.82, 2.24) is 15.1 Å². The number of aromatic nitrogens is 2. The number of rotatable bonds is 4. The van der Waals surface area contributed by atoms with Crippen LogP contribution in [0.25, 0.3) is 11.5 Å². The van der Waals surface area contributed by atoms with E-state index in [0.29, 0.717) is 11.3 Å². The summed E-state index contributed by atoms with van der Waals surface area (Å²) in [4.78, 5) is 14.2. The van der Waals surface area contributed by atoms with Gasteiger partial charge in [-0.15, -0.1) is 5.10 Å². The van der Waals surface area contributed by atoms with E-state index in [1.807, 2.05) is 35.2 Å². The van der Waals surface area contributed by atoms with Crippen LogP contribution >= 0.6 is 0 Å². The maximum atomic E-state index is 12.3. The molecule has 1 saturated heterocycles. The fourth-order valence-electron chi connectivity index (χ4n) is 3.81. The summed E-state index contributed by atoms with van der Waals surface area (Å²) >= 11 is 0. The number of benzene rings is 1. The molecule has 2 aromatic rings. The van der Waals surface area contributed by atoms with Gasteiger partial charge >= 0.3 is 6.01 Å². The number of nitrogens with zero attached hydrogens (tertiary/aromatic N) is 3. The molecular weight excluding hydrogens is 304 g/mol. The summed E-state index contributed by atoms with van der Waals surface area (Å²) in [5.74, 6) is 0.557. The van der Waals surface area contributed by atoms with E-state index in [9.17, 15) is 4.79 Å². The fraction of sp³-hybridized carbons (Fsp3) is 0.500. The minimum absolute atomic E-state index is 0.102. The van der Waals surface area contributed by atoms with E-state index in [1.165, 1.54) is 32.1 Å². The number of hydrogen-bond acceptors (Lipinski definition) is 5. The standard InChI is InChI=1S/C18H22N4O2/c23-15(22-12-18(13-22)9-5-2-6-10-18)11-19-17-21-20-16(24-17)14-7-3-1-4-8-14/h1,3-4,7-8H,2,5-6,9-13H2,(H,19,21). The van der Waals surface area contributed by atoms with Crippen LogP contribution in [0.4, 0.5) is 6.01 Å². The van der Waals surface area contributed by atoms with Crippen molar-refractivity contribution in [2.75, 3.05) is 25.0 Å². The molecule has 0 atom stereocenters. The van der Waals surface area contributed by atoms with Gasteiger partial charge in [-0.3, -0.25) is 4.79 Å². The van der Waals surface area contributed by atoms with E-state index in [2.05, 4.69) is 15.5 Å². The maximum absolute atomic E-state index is 12.3. The SMILES string of the molecule is O=C(CNc1nnc(-c2ccccc2)o1)N1CC2(CCCCC2)C1. The number of carbonyl (C=O) groups is 1. The third-order valence-corrected chi connectivity index (χ3v) is 5.16. The van der Waals surface area contributed by atoms with Gasteiger partial charge in [0.05, 0.1) is 6.54 Å². The summed E-state index contributed by atoms with van der Waals surface area (Å²) in [7, 11) is 0. The molecule has 1 saturated carbocycles. The Hall–Kier alpha value is -2.37. The lowest BCUT2D eigenvalue weighted by Crippen LogP contribution is -2.60. The quantitative estimate of drug-likeness (QED) is 0.935. The predicted molar refractivity (Wildman–Crippen MR) is 90.3 cm³/mol. The topological polar surface area (TPSA) is 71.3 Å². The molecule has 1 aliphatic carbocycles. The second-order valence-corrected chi connectivity index (χ2v) is 6.94. The Morgan fingerprint density at radius 3 is 2.62 bits per heavy atom. The van der Waals surface area contributed by atoms with Gasteiger partial charge in [0.1, 0.15) is 0 Å². The van der Waals surface area contributed by atoms with Crippen LogP contribution in [-0.4, -0.2) is 40.6 Å². The predicted octanol–water partition coefficient (Wildman–Crippen LogP) is 2.94. The zero-order valence-electron chi connectivity index (χ0n) is 13.7. The van der Waals surface area contributed by atoms with Gasteiger partial charge in [-0.1, -0.05) is 42.6 Å². The van der Waals surface area contributed by atoms with E-state index in [0.717, 1.165) is 18.7 Å². The molecule has 1 aliphatic heterocycles. The maximum Gasteiger partial charge on any atom is 0.316 e. The summed E-state index contributed by atoms with van der Waals surface area (Å²) in [6.07, 6.45) is 6.51. The van der Waals surface area contributed by atoms with E-state index < -0.39 is 0 Å². The Kier molecular flexibility index (Phi) is 3.96. The third kappa shape index (κ3) is 3.00. The molecule has 0 radical (unpaired) electrons. The van der Waals surface area contributed by atoms with Crippen molar-refractivity contribution in [2.45, 2.75) is 32.1 Å². The van der Waals surface area contributed by atoms with E-state index in [4.69, 9.17) is 4.42 Å². The summed E-state index contributed by atoms with van der Waals surface area (Å²) in [6, 6.07) is 9.87. The van der Waals surface area contributed by atoms with Crippen molar-refractivity contribution >= 4 is 11.9 Å². The molecule has 2 aliphatic rings. The van der Waals surface area contributed by atoms with Crippen LogP contribution in [0.1, 0.15) is 32.1 Å². The lowest BCUT2D eigenvalue weighted by molar-refractivity contribution is -0.143. The second-order valence-electron chi connectivity index (χ2n) is 6.94. The Labute approximate surface area is 141 Å². The Morgan fingerprint density at radius 2 is 1.88 bits per heavy atom. The summed E-state index contributed by atoms with van der Waals surface area (Å²) in [5.41, 5.74) is 1.28. The summed E-state index contributed by atoms with van der Waals surface area (Å²) < 4.78 is 5.56.